The van der Waals surface area contributed by atoms with Gasteiger partial charge in [0.25, 0.3) is 0 Å². The molecule has 5 heteroatoms. The van der Waals surface area contributed by atoms with Gasteiger partial charge in [0.15, 0.2) is 0 Å². The first-order valence-electron chi connectivity index (χ1n) is 4.90. The van der Waals surface area contributed by atoms with Gasteiger partial charge in [0.05, 0.1) is 0 Å². The van der Waals surface area contributed by atoms with Crippen LogP contribution in [0.3, 0.4) is 0 Å². The highest BCUT2D eigenvalue weighted by Gasteiger charge is 2.29. The Morgan fingerprint density at radius 2 is 1.77 bits per heavy atom. The molecule has 80 valence electrons. The first-order valence-corrected chi connectivity index (χ1v) is 7.42. The lowest BCUT2D eigenvalue weighted by Gasteiger charge is -2.25. The lowest BCUT2D eigenvalue weighted by atomic mass is 10.5. The Kier molecular flexibility index (Phi) is 7.49. The van der Waals surface area contributed by atoms with E-state index in [1.165, 1.54) is 0 Å². The van der Waals surface area contributed by atoms with Crippen molar-refractivity contribution in [3.8, 4) is 0 Å². The van der Waals surface area contributed by atoms with Crippen LogP contribution in [0.2, 0.25) is 12.6 Å². The summed E-state index contributed by atoms with van der Waals surface area (Å²) in [5.74, 6) is 5.19. The van der Waals surface area contributed by atoms with E-state index in [0.29, 0.717) is 0 Å². The van der Waals surface area contributed by atoms with Crippen molar-refractivity contribution < 1.29 is 8.85 Å². The van der Waals surface area contributed by atoms with Crippen molar-refractivity contribution >= 4 is 8.56 Å². The van der Waals surface area contributed by atoms with Gasteiger partial charge < -0.3 is 8.85 Å². The fourth-order valence-corrected chi connectivity index (χ4v) is 3.72. The predicted molar refractivity (Wildman–Crippen MR) is 56.5 cm³/mol. The van der Waals surface area contributed by atoms with Crippen LogP contribution in [0.4, 0.5) is 0 Å². The molecule has 0 amide bonds. The van der Waals surface area contributed by atoms with Gasteiger partial charge in [0.1, 0.15) is 0 Å². The third-order valence-electron chi connectivity index (χ3n) is 1.85. The quantitative estimate of drug-likeness (QED) is 0.269. The first-order chi connectivity index (χ1) is 6.18. The van der Waals surface area contributed by atoms with Gasteiger partial charge in [-0.25, -0.2) is 0 Å². The minimum Gasteiger partial charge on any atom is -0.395 e. The van der Waals surface area contributed by atoms with Gasteiger partial charge in [-0.1, -0.05) is 0 Å². The second-order valence-electron chi connectivity index (χ2n) is 3.06. The van der Waals surface area contributed by atoms with Crippen molar-refractivity contribution in [3.05, 3.63) is 0 Å². The zero-order valence-electron chi connectivity index (χ0n) is 8.93. The molecule has 0 aromatic rings. The van der Waals surface area contributed by atoms with Crippen LogP contribution < -0.4 is 11.3 Å². The average molecular weight is 206 g/mol. The first kappa shape index (κ1) is 13.1. The molecular formula is C8H22N2O2Si. The van der Waals surface area contributed by atoms with Crippen molar-refractivity contribution in [1.29, 1.82) is 0 Å². The molecule has 0 spiro atoms. The van der Waals surface area contributed by atoms with Crippen LogP contribution in [0.25, 0.3) is 0 Å². The van der Waals surface area contributed by atoms with Crippen molar-refractivity contribution in [2.24, 2.45) is 5.84 Å². The van der Waals surface area contributed by atoms with Gasteiger partial charge in [0.2, 0.25) is 0 Å². The largest absolute Gasteiger partial charge is 0.395 e. The highest BCUT2D eigenvalue weighted by atomic mass is 28.4. The molecule has 13 heavy (non-hydrogen) atoms. The van der Waals surface area contributed by atoms with E-state index >= 15 is 0 Å². The zero-order valence-corrected chi connectivity index (χ0v) is 9.93. The number of nitrogens with one attached hydrogen (secondary N) is 1. The highest BCUT2D eigenvalue weighted by molar-refractivity contribution is 6.66. The highest BCUT2D eigenvalue weighted by Crippen LogP contribution is 2.15. The lowest BCUT2D eigenvalue weighted by molar-refractivity contribution is 0.188. The Balaban J connectivity index is 3.76. The second kappa shape index (κ2) is 7.46. The fraction of sp³-hybridized carbons (Fsp3) is 1.00. The minimum atomic E-state index is -1.88. The van der Waals surface area contributed by atoms with Gasteiger partial charge in [-0.2, -0.15) is 0 Å². The van der Waals surface area contributed by atoms with Crippen LogP contribution in [0.1, 0.15) is 20.3 Å². The topological polar surface area (TPSA) is 56.5 Å². The summed E-state index contributed by atoms with van der Waals surface area (Å²) in [7, 11) is -1.88. The Morgan fingerprint density at radius 1 is 1.23 bits per heavy atom. The number of hydrazine groups is 1. The SMILES string of the molecule is CCO[Si](C)(CCCNN)OCC. The average Bonchev–Trinajstić information content (AvgIpc) is 2.05. The maximum Gasteiger partial charge on any atom is 0.334 e. The lowest BCUT2D eigenvalue weighted by Crippen LogP contribution is -2.39. The van der Waals surface area contributed by atoms with E-state index in [9.17, 15) is 0 Å². The van der Waals surface area contributed by atoms with Crippen molar-refractivity contribution in [1.82, 2.24) is 5.43 Å². The summed E-state index contributed by atoms with van der Waals surface area (Å²) in [5, 5.41) is 0. The number of rotatable bonds is 8. The summed E-state index contributed by atoms with van der Waals surface area (Å²) < 4.78 is 11.3. The van der Waals surface area contributed by atoms with Crippen molar-refractivity contribution in [3.63, 3.8) is 0 Å². The smallest absolute Gasteiger partial charge is 0.334 e. The Labute approximate surface area is 82.0 Å². The minimum absolute atomic E-state index is 0.735. The molecule has 0 unspecified atom stereocenters. The van der Waals surface area contributed by atoms with E-state index in [1.54, 1.807) is 0 Å². The summed E-state index contributed by atoms with van der Waals surface area (Å²) in [6.45, 7) is 8.41. The fourth-order valence-electron chi connectivity index (χ4n) is 1.31. The second-order valence-corrected chi connectivity index (χ2v) is 6.40. The number of nitrogens with two attached hydrogens (primary N) is 1. The maximum atomic E-state index is 5.66. The molecule has 0 aromatic carbocycles. The molecule has 0 atom stereocenters. The van der Waals surface area contributed by atoms with Gasteiger partial charge >= 0.3 is 8.56 Å². The van der Waals surface area contributed by atoms with E-state index in [4.69, 9.17) is 14.7 Å². The molecule has 0 radical (unpaired) electrons. The van der Waals surface area contributed by atoms with Crippen LogP contribution in [0.15, 0.2) is 0 Å². The Morgan fingerprint density at radius 3 is 2.15 bits per heavy atom. The van der Waals surface area contributed by atoms with Crippen molar-refractivity contribution in [2.45, 2.75) is 32.9 Å². The zero-order chi connectivity index (χ0) is 10.2. The van der Waals surface area contributed by atoms with Crippen LogP contribution in [-0.4, -0.2) is 28.3 Å². The van der Waals surface area contributed by atoms with Crippen molar-refractivity contribution in [2.75, 3.05) is 19.8 Å². The third-order valence-corrected chi connectivity index (χ3v) is 4.91. The summed E-state index contributed by atoms with van der Waals surface area (Å²) in [6.07, 6.45) is 1.01. The molecule has 0 saturated heterocycles. The molecule has 0 heterocycles. The van der Waals surface area contributed by atoms with E-state index in [0.717, 1.165) is 32.2 Å². The predicted octanol–water partition coefficient (Wildman–Crippen LogP) is 0.985. The normalized spacial score (nSPS) is 12.0. The maximum absolute atomic E-state index is 5.66. The molecule has 4 nitrogen and oxygen atoms in total. The van der Waals surface area contributed by atoms with E-state index in [-0.39, 0.29) is 0 Å². The van der Waals surface area contributed by atoms with E-state index in [2.05, 4.69) is 12.0 Å². The van der Waals surface area contributed by atoms with Gasteiger partial charge in [-0.05, 0) is 32.9 Å². The summed E-state index contributed by atoms with van der Waals surface area (Å²) in [6, 6.07) is 0.999. The van der Waals surface area contributed by atoms with Crippen LogP contribution >= 0.6 is 0 Å². The van der Waals surface area contributed by atoms with Gasteiger partial charge in [0, 0.05) is 19.8 Å². The van der Waals surface area contributed by atoms with Crippen LogP contribution in [0.5, 0.6) is 0 Å². The van der Waals surface area contributed by atoms with Crippen LogP contribution in [0, 0.1) is 0 Å². The molecule has 0 aromatic heterocycles. The molecule has 0 fully saturated rings. The molecule has 0 aliphatic carbocycles. The molecular weight excluding hydrogens is 184 g/mol. The van der Waals surface area contributed by atoms with Gasteiger partial charge in [-0.3, -0.25) is 11.3 Å². The Bertz CT molecular complexity index is 119. The molecule has 0 bridgehead atoms. The molecule has 3 N–H and O–H groups in total. The molecule has 0 aliphatic heterocycles. The molecule has 0 rings (SSSR count). The molecule has 0 aliphatic rings. The number of hydrogen-bond donors (Lipinski definition) is 2. The standard InChI is InChI=1S/C8H22N2O2Si/c1-4-11-13(3,12-5-2)8-6-7-10-9/h10H,4-9H2,1-3H3. The van der Waals surface area contributed by atoms with E-state index < -0.39 is 8.56 Å². The summed E-state index contributed by atoms with van der Waals surface area (Å²) >= 11 is 0. The monoisotopic (exact) mass is 206 g/mol. The van der Waals surface area contributed by atoms with Gasteiger partial charge in [-0.15, -0.1) is 0 Å². The number of hydrogen-bond acceptors (Lipinski definition) is 4. The third kappa shape index (κ3) is 6.17. The summed E-state index contributed by atoms with van der Waals surface area (Å²) in [4.78, 5) is 0. The van der Waals surface area contributed by atoms with E-state index in [1.807, 2.05) is 13.8 Å². The molecule has 0 saturated carbocycles. The Hall–Kier alpha value is 0.0569. The van der Waals surface area contributed by atoms with Crippen LogP contribution in [-0.2, 0) is 8.85 Å². The summed E-state index contributed by atoms with van der Waals surface area (Å²) in [5.41, 5.74) is 2.64.